The van der Waals surface area contributed by atoms with Crippen molar-refractivity contribution in [1.82, 2.24) is 14.9 Å². The summed E-state index contributed by atoms with van der Waals surface area (Å²) in [5, 5.41) is 4.20. The molecule has 2 aromatic heterocycles. The van der Waals surface area contributed by atoms with Crippen LogP contribution >= 0.6 is 12.2 Å². The number of thiocarbonyl (C=S) groups is 1. The van der Waals surface area contributed by atoms with Gasteiger partial charge in [0.25, 0.3) is 0 Å². The molecule has 0 aliphatic carbocycles. The van der Waals surface area contributed by atoms with Crippen molar-refractivity contribution >= 4 is 23.0 Å². The first-order valence-electron chi connectivity index (χ1n) is 11.1. The second-order valence-electron chi connectivity index (χ2n) is 8.39. The van der Waals surface area contributed by atoms with Gasteiger partial charge in [-0.15, -0.1) is 0 Å². The normalized spacial score (nSPS) is 17.9. The van der Waals surface area contributed by atoms with Crippen LogP contribution in [0, 0.1) is 0 Å². The van der Waals surface area contributed by atoms with Gasteiger partial charge in [-0.2, -0.15) is 0 Å². The highest BCUT2D eigenvalue weighted by Crippen LogP contribution is 2.42. The van der Waals surface area contributed by atoms with Crippen molar-refractivity contribution in [2.24, 2.45) is 0 Å². The van der Waals surface area contributed by atoms with Gasteiger partial charge in [0.05, 0.1) is 17.8 Å². The smallest absolute Gasteiger partial charge is 0.174 e. The number of benzene rings is 2. The second kappa shape index (κ2) is 9.08. The van der Waals surface area contributed by atoms with E-state index in [-0.39, 0.29) is 12.1 Å². The molecule has 6 heteroatoms. The number of hydrogen-bond donors (Lipinski definition) is 1. The maximum atomic E-state index is 5.97. The highest BCUT2D eigenvalue weighted by molar-refractivity contribution is 7.80. The van der Waals surface area contributed by atoms with Crippen LogP contribution in [-0.4, -0.2) is 14.7 Å². The zero-order valence-corrected chi connectivity index (χ0v) is 19.4. The molecular formula is C27H26N4OS. The average Bonchev–Trinajstić information content (AvgIpc) is 3.46. The Morgan fingerprint density at radius 2 is 1.64 bits per heavy atom. The first kappa shape index (κ1) is 21.2. The van der Waals surface area contributed by atoms with Gasteiger partial charge in [0.1, 0.15) is 11.5 Å². The lowest BCUT2D eigenvalue weighted by Gasteiger charge is -2.27. The summed E-state index contributed by atoms with van der Waals surface area (Å²) in [5.74, 6) is 1.60. The molecule has 1 fully saturated rings. The molecule has 1 aliphatic heterocycles. The summed E-state index contributed by atoms with van der Waals surface area (Å²) in [6.07, 6.45) is 6.17. The number of rotatable bonds is 6. The molecular weight excluding hydrogens is 428 g/mol. The van der Waals surface area contributed by atoms with E-state index in [1.54, 1.807) is 0 Å². The van der Waals surface area contributed by atoms with Gasteiger partial charge in [0, 0.05) is 30.3 Å². The number of ether oxygens (including phenoxy) is 1. The summed E-state index contributed by atoms with van der Waals surface area (Å²) >= 11 is 5.82. The van der Waals surface area contributed by atoms with Crippen molar-refractivity contribution in [2.45, 2.75) is 32.0 Å². The molecule has 0 unspecified atom stereocenters. The van der Waals surface area contributed by atoms with Crippen molar-refractivity contribution in [3.05, 3.63) is 109 Å². The number of aromatic nitrogens is 2. The van der Waals surface area contributed by atoms with Crippen molar-refractivity contribution < 1.29 is 4.74 Å². The Morgan fingerprint density at radius 1 is 0.909 bits per heavy atom. The number of hydrogen-bond acceptors (Lipinski definition) is 3. The molecule has 2 atom stereocenters. The summed E-state index contributed by atoms with van der Waals surface area (Å²) in [7, 11) is 0. The Kier molecular flexibility index (Phi) is 5.84. The topological polar surface area (TPSA) is 42.3 Å². The van der Waals surface area contributed by atoms with Crippen LogP contribution in [0.5, 0.6) is 11.5 Å². The molecule has 1 aliphatic rings. The van der Waals surface area contributed by atoms with E-state index in [9.17, 15) is 0 Å². The fourth-order valence-corrected chi connectivity index (χ4v) is 4.54. The van der Waals surface area contributed by atoms with Crippen LogP contribution in [0.15, 0.2) is 97.5 Å². The Hall–Kier alpha value is -3.64. The Morgan fingerprint density at radius 3 is 2.30 bits per heavy atom. The van der Waals surface area contributed by atoms with Gasteiger partial charge < -0.3 is 19.5 Å². The monoisotopic (exact) mass is 454 g/mol. The minimum Gasteiger partial charge on any atom is -0.457 e. The fraction of sp³-hybridized carbons (Fsp3) is 0.185. The predicted octanol–water partition coefficient (Wildman–Crippen LogP) is 6.43. The third kappa shape index (κ3) is 4.34. The van der Waals surface area contributed by atoms with E-state index >= 15 is 0 Å². The summed E-state index contributed by atoms with van der Waals surface area (Å²) in [6, 6.07) is 26.3. The fourth-order valence-electron chi connectivity index (χ4n) is 4.20. The molecule has 0 saturated carbocycles. The quantitative estimate of drug-likeness (QED) is 0.340. The van der Waals surface area contributed by atoms with E-state index < -0.39 is 0 Å². The van der Waals surface area contributed by atoms with Crippen LogP contribution in [0.25, 0.3) is 0 Å². The third-order valence-corrected chi connectivity index (χ3v) is 6.18. The highest BCUT2D eigenvalue weighted by atomic mass is 32.1. The van der Waals surface area contributed by atoms with Crippen LogP contribution in [0.2, 0.25) is 0 Å². The maximum Gasteiger partial charge on any atom is 0.174 e. The minimum absolute atomic E-state index is 0.0201. The number of nitrogens with one attached hydrogen (secondary N) is 1. The van der Waals surface area contributed by atoms with Gasteiger partial charge in [-0.05, 0) is 86.2 Å². The van der Waals surface area contributed by atoms with Crippen molar-refractivity contribution in [3.63, 3.8) is 0 Å². The molecule has 4 aromatic rings. The maximum absolute atomic E-state index is 5.97. The van der Waals surface area contributed by atoms with Gasteiger partial charge in [0.2, 0.25) is 0 Å². The van der Waals surface area contributed by atoms with E-state index in [4.69, 9.17) is 17.0 Å². The van der Waals surface area contributed by atoms with Crippen molar-refractivity contribution in [1.29, 1.82) is 0 Å². The molecule has 33 heavy (non-hydrogen) atoms. The summed E-state index contributed by atoms with van der Waals surface area (Å²) in [4.78, 5) is 6.81. The second-order valence-corrected chi connectivity index (χ2v) is 8.78. The van der Waals surface area contributed by atoms with E-state index in [0.29, 0.717) is 11.2 Å². The zero-order chi connectivity index (χ0) is 22.8. The van der Waals surface area contributed by atoms with Crippen molar-refractivity contribution in [3.8, 4) is 11.5 Å². The lowest BCUT2D eigenvalue weighted by atomic mass is 9.98. The third-order valence-electron chi connectivity index (χ3n) is 5.87. The molecule has 0 amide bonds. The van der Waals surface area contributed by atoms with E-state index in [1.165, 1.54) is 5.56 Å². The van der Waals surface area contributed by atoms with E-state index in [1.807, 2.05) is 66.9 Å². The summed E-state index contributed by atoms with van der Waals surface area (Å²) < 4.78 is 8.20. The molecule has 5 nitrogen and oxygen atoms in total. The van der Waals surface area contributed by atoms with Crippen LogP contribution < -0.4 is 15.0 Å². The molecule has 0 radical (unpaired) electrons. The molecule has 166 valence electrons. The highest BCUT2D eigenvalue weighted by Gasteiger charge is 2.41. The summed E-state index contributed by atoms with van der Waals surface area (Å²) in [6.45, 7) is 4.36. The van der Waals surface area contributed by atoms with Gasteiger partial charge in [0.15, 0.2) is 5.11 Å². The molecule has 0 bridgehead atoms. The van der Waals surface area contributed by atoms with Crippen LogP contribution in [-0.2, 0) is 0 Å². The molecule has 2 aromatic carbocycles. The number of anilines is 1. The average molecular weight is 455 g/mol. The van der Waals surface area contributed by atoms with Crippen molar-refractivity contribution in [2.75, 3.05) is 4.90 Å². The van der Waals surface area contributed by atoms with Crippen LogP contribution in [0.4, 0.5) is 5.69 Å². The zero-order valence-electron chi connectivity index (χ0n) is 18.6. The first-order valence-corrected chi connectivity index (χ1v) is 11.5. The van der Waals surface area contributed by atoms with Crippen LogP contribution in [0.1, 0.15) is 43.2 Å². The predicted molar refractivity (Wildman–Crippen MR) is 136 cm³/mol. The standard InChI is InChI=1S/C27H26N4OS/c1-19(2)30-17-15-20(18-30)26-25(24-10-6-7-16-28-24)29-27(33)31(26)21-11-13-23(14-12-21)32-22-8-4-3-5-9-22/h3-19,25-26H,1-2H3,(H,29,33)/t25-,26-/m0/s1. The van der Waals surface area contributed by atoms with Gasteiger partial charge in [-0.25, -0.2) is 0 Å². The molecule has 1 saturated heterocycles. The van der Waals surface area contributed by atoms with Crippen LogP contribution in [0.3, 0.4) is 0 Å². The number of pyridine rings is 1. The van der Waals surface area contributed by atoms with Gasteiger partial charge in [-0.1, -0.05) is 24.3 Å². The molecule has 3 heterocycles. The van der Waals surface area contributed by atoms with Gasteiger partial charge >= 0.3 is 0 Å². The number of para-hydroxylation sites is 1. The summed E-state index contributed by atoms with van der Waals surface area (Å²) in [5.41, 5.74) is 3.17. The molecule has 5 rings (SSSR count). The lowest BCUT2D eigenvalue weighted by Crippen LogP contribution is -2.29. The largest absolute Gasteiger partial charge is 0.457 e. The first-order chi connectivity index (χ1) is 16.1. The van der Waals surface area contributed by atoms with E-state index in [2.05, 4.69) is 64.2 Å². The molecule has 1 N–H and O–H groups in total. The minimum atomic E-state index is -0.0537. The van der Waals surface area contributed by atoms with E-state index in [0.717, 1.165) is 22.9 Å². The van der Waals surface area contributed by atoms with Gasteiger partial charge in [-0.3, -0.25) is 4.98 Å². The SMILES string of the molecule is CC(C)n1ccc([C@H]2[C@H](c3ccccn3)NC(=S)N2c2ccc(Oc3ccccc3)cc2)c1. The Labute approximate surface area is 199 Å². The number of nitrogens with zero attached hydrogens (tertiary/aromatic N) is 3. The Bertz CT molecular complexity index is 1220. The Balaban J connectivity index is 1.49. The molecule has 0 spiro atoms. The lowest BCUT2D eigenvalue weighted by molar-refractivity contribution is 0.482.